The molecule has 13 nitrogen and oxygen atoms in total. The molecule has 0 saturated heterocycles. The van der Waals surface area contributed by atoms with Crippen LogP contribution in [0.1, 0.15) is 248 Å². The first-order chi connectivity index (χ1) is 42.1. The summed E-state index contributed by atoms with van der Waals surface area (Å²) < 4.78 is 5.70. The molecule has 17 heteroatoms. The number of benzene rings is 2. The number of hydrogen-bond acceptors (Lipinski definition) is 9. The van der Waals surface area contributed by atoms with E-state index < -0.39 is 28.5 Å². The molecule has 474 valence electrons. The van der Waals surface area contributed by atoms with E-state index in [4.69, 9.17) is 34.9 Å². The van der Waals surface area contributed by atoms with Crippen LogP contribution >= 0.6 is 0 Å². The van der Waals surface area contributed by atoms with Crippen LogP contribution in [-0.2, 0) is 31.1 Å². The first kappa shape index (κ1) is 76.0. The van der Waals surface area contributed by atoms with Crippen molar-refractivity contribution >= 4 is 50.3 Å². The van der Waals surface area contributed by atoms with Gasteiger partial charge in [0.25, 0.3) is 0 Å². The van der Waals surface area contributed by atoms with Crippen LogP contribution in [0.3, 0.4) is 0 Å². The van der Waals surface area contributed by atoms with E-state index in [-0.39, 0.29) is 5.41 Å². The summed E-state index contributed by atoms with van der Waals surface area (Å²) in [5.41, 5.74) is 8.96. The number of nitrogens with one attached hydrogen (secondary N) is 4. The van der Waals surface area contributed by atoms with Gasteiger partial charge in [-0.1, -0.05) is 232 Å². The van der Waals surface area contributed by atoms with Gasteiger partial charge in [-0.15, -0.1) is 0 Å². The Kier molecular flexibility index (Phi) is 40.9. The lowest BCUT2D eigenvalue weighted by Gasteiger charge is -2.25. The van der Waals surface area contributed by atoms with Gasteiger partial charge in [0.15, 0.2) is 48.6 Å². The molecular formula is C70H112B4N4O9+4. The van der Waals surface area contributed by atoms with Crippen LogP contribution in [0.15, 0.2) is 122 Å². The van der Waals surface area contributed by atoms with Crippen molar-refractivity contribution in [3.05, 3.63) is 156 Å². The Hall–Kier alpha value is -5.22. The molecule has 12 N–H and O–H groups in total. The zero-order chi connectivity index (χ0) is 63.3. The van der Waals surface area contributed by atoms with Crippen molar-refractivity contribution in [1.82, 2.24) is 0 Å². The topological polar surface area (TPSA) is 228 Å². The molecule has 6 aromatic rings. The summed E-state index contributed by atoms with van der Waals surface area (Å²) in [6.45, 7) is 13.3. The standard InChI is InChI=1S/C21H30BNO2.C17H30BNO2.C16H20BNO3.C16H28BNO2/c1-4-5-6-7-8-9-17-10-12-18(13-11-17)21(2,3)19-14-20(22(24)25)16-23-15-19;1-2-3-4-5-6-7-8-9-10-11-12-16-13-17(18(20)21)15-19-14-16;1-2-3-4-5-13-6-8-15(9-7-13)21-16-10-14(17(19)20)11-18-12-16;1-2-3-4-5-6-7-8-9-10-11-16-13-12-15(14-18-16)17(19)20/h10-16,24-25H,4-9H2,1-3H3;13-15,20-21H,2-12H2,1H3;6-12,19-20H,2-5H2,1H3;12-14,19-20H,2-11H2,1H3/p+4. The highest BCUT2D eigenvalue weighted by atomic mass is 16.5. The Morgan fingerprint density at radius 3 is 1.16 bits per heavy atom. The average Bonchev–Trinajstić information content (AvgIpc) is 1.53. The van der Waals surface area contributed by atoms with Crippen molar-refractivity contribution in [2.24, 2.45) is 0 Å². The van der Waals surface area contributed by atoms with Gasteiger partial charge in [0.05, 0.1) is 0 Å². The van der Waals surface area contributed by atoms with Gasteiger partial charge < -0.3 is 44.9 Å². The van der Waals surface area contributed by atoms with Crippen LogP contribution in [0, 0.1) is 0 Å². The lowest BCUT2D eigenvalue weighted by atomic mass is 9.74. The second-order valence-corrected chi connectivity index (χ2v) is 24.1. The van der Waals surface area contributed by atoms with Crippen molar-refractivity contribution in [3.8, 4) is 11.5 Å². The number of pyridine rings is 4. The Morgan fingerprint density at radius 2 is 0.701 bits per heavy atom. The zero-order valence-corrected chi connectivity index (χ0v) is 54.3. The van der Waals surface area contributed by atoms with Crippen LogP contribution in [0.4, 0.5) is 0 Å². The zero-order valence-electron chi connectivity index (χ0n) is 54.3. The molecule has 87 heavy (non-hydrogen) atoms. The van der Waals surface area contributed by atoms with Crippen LogP contribution in [0.2, 0.25) is 0 Å². The fraction of sp³-hybridized carbons (Fsp3) is 0.543. The SMILES string of the molecule is CCCCCCCCCCCCc1c[nH+]cc(B(O)O)c1.CCCCCCCCCCCc1ccc(B(O)O)c[nH+]1.CCCCCCCc1ccc(C(C)(C)c2c[nH+]cc(B(O)O)c2)cc1.CCCCCc1ccc(Oc2c[nH+]cc(B(O)O)c2)cc1. The first-order valence-corrected chi connectivity index (χ1v) is 33.4. The van der Waals surface area contributed by atoms with E-state index in [0.717, 1.165) is 48.3 Å². The molecule has 0 saturated carbocycles. The summed E-state index contributed by atoms with van der Waals surface area (Å²) in [5.74, 6) is 1.27. The predicted molar refractivity (Wildman–Crippen MR) is 359 cm³/mol. The largest absolute Gasteiger partial charge is 0.494 e. The number of aromatic nitrogens is 4. The molecule has 0 aliphatic rings. The molecule has 0 radical (unpaired) electrons. The second kappa shape index (κ2) is 46.8. The third kappa shape index (κ3) is 33.8. The van der Waals surface area contributed by atoms with Gasteiger partial charge in [-0.05, 0) is 92.0 Å². The monoisotopic (exact) mass is 1200 g/mol. The van der Waals surface area contributed by atoms with Gasteiger partial charge in [0.2, 0.25) is 6.20 Å². The molecule has 0 bridgehead atoms. The van der Waals surface area contributed by atoms with E-state index in [1.165, 1.54) is 196 Å². The summed E-state index contributed by atoms with van der Waals surface area (Å²) in [6, 6.07) is 25.9. The van der Waals surface area contributed by atoms with Crippen LogP contribution < -0.4 is 46.5 Å². The number of ether oxygens (including phenoxy) is 1. The molecule has 6 rings (SSSR count). The summed E-state index contributed by atoms with van der Waals surface area (Å²) >= 11 is 0. The van der Waals surface area contributed by atoms with Crippen LogP contribution in [-0.4, -0.2) is 68.7 Å². The van der Waals surface area contributed by atoms with E-state index in [1.54, 1.807) is 36.9 Å². The normalized spacial score (nSPS) is 10.9. The molecule has 0 amide bonds. The Balaban J connectivity index is 0.000000305. The Bertz CT molecular complexity index is 2630. The van der Waals surface area contributed by atoms with E-state index in [0.29, 0.717) is 27.6 Å². The number of unbranched alkanes of at least 4 members (excludes halogenated alkanes) is 23. The molecule has 0 aliphatic heterocycles. The minimum Gasteiger partial charge on any atom is -0.451 e. The molecule has 0 aliphatic carbocycles. The number of hydrogen-bond donors (Lipinski definition) is 8. The minimum atomic E-state index is -1.51. The smallest absolute Gasteiger partial charge is 0.451 e. The number of H-pyrrole nitrogens is 4. The second-order valence-electron chi connectivity index (χ2n) is 24.1. The third-order valence-electron chi connectivity index (χ3n) is 16.1. The van der Waals surface area contributed by atoms with Gasteiger partial charge >= 0.3 is 28.5 Å². The lowest BCUT2D eigenvalue weighted by molar-refractivity contribution is -0.389. The highest BCUT2D eigenvalue weighted by Gasteiger charge is 2.27. The van der Waals surface area contributed by atoms with Crippen molar-refractivity contribution in [3.63, 3.8) is 0 Å². The third-order valence-corrected chi connectivity index (χ3v) is 16.1. The first-order valence-electron chi connectivity index (χ1n) is 33.4. The molecule has 0 fully saturated rings. The summed E-state index contributed by atoms with van der Waals surface area (Å²) in [6.07, 6.45) is 52.0. The molecule has 0 unspecified atom stereocenters. The number of aryl methyl sites for hydroxylation is 4. The Labute approximate surface area is 526 Å². The molecule has 4 aromatic heterocycles. The maximum atomic E-state index is 9.39. The fourth-order valence-corrected chi connectivity index (χ4v) is 10.4. The highest BCUT2D eigenvalue weighted by Crippen LogP contribution is 2.31. The van der Waals surface area contributed by atoms with Gasteiger partial charge in [-0.25, -0.2) is 19.9 Å². The van der Waals surface area contributed by atoms with Crippen molar-refractivity contribution in [2.45, 2.75) is 246 Å². The van der Waals surface area contributed by atoms with Crippen molar-refractivity contribution in [1.29, 1.82) is 0 Å². The molecule has 4 heterocycles. The molecule has 0 spiro atoms. The average molecular weight is 1200 g/mol. The van der Waals surface area contributed by atoms with Gasteiger partial charge in [-0.2, -0.15) is 0 Å². The maximum absolute atomic E-state index is 9.39. The van der Waals surface area contributed by atoms with E-state index in [1.807, 2.05) is 42.7 Å². The molecular weight excluding hydrogens is 1080 g/mol. The summed E-state index contributed by atoms with van der Waals surface area (Å²) in [5, 5.41) is 73.3. The van der Waals surface area contributed by atoms with E-state index >= 15 is 0 Å². The molecule has 2 aromatic carbocycles. The minimum absolute atomic E-state index is 0.207. The molecule has 0 atom stereocenters. The summed E-state index contributed by atoms with van der Waals surface area (Å²) in [7, 11) is -5.73. The van der Waals surface area contributed by atoms with Crippen molar-refractivity contribution < 1.29 is 64.9 Å². The number of rotatable bonds is 39. The van der Waals surface area contributed by atoms with Gasteiger partial charge in [-0.3, -0.25) is 0 Å². The van der Waals surface area contributed by atoms with Crippen LogP contribution in [0.25, 0.3) is 0 Å². The highest BCUT2D eigenvalue weighted by molar-refractivity contribution is 6.59. The lowest BCUT2D eigenvalue weighted by Crippen LogP contribution is -2.35. The van der Waals surface area contributed by atoms with Crippen molar-refractivity contribution in [2.75, 3.05) is 0 Å². The maximum Gasteiger partial charge on any atom is 0.494 e. The van der Waals surface area contributed by atoms with Gasteiger partial charge in [0.1, 0.15) is 5.75 Å². The predicted octanol–water partition coefficient (Wildman–Crippen LogP) is 9.62. The fourth-order valence-electron chi connectivity index (χ4n) is 10.4. The van der Waals surface area contributed by atoms with E-state index in [2.05, 4.69) is 97.9 Å². The quantitative estimate of drug-likeness (QED) is 0.0136. The van der Waals surface area contributed by atoms with Gasteiger partial charge in [0, 0.05) is 50.9 Å². The summed E-state index contributed by atoms with van der Waals surface area (Å²) in [4.78, 5) is 12.0. The Morgan fingerprint density at radius 1 is 0.322 bits per heavy atom. The number of aromatic amines is 4. The van der Waals surface area contributed by atoms with E-state index in [9.17, 15) is 10.0 Å². The van der Waals surface area contributed by atoms with Crippen LogP contribution in [0.5, 0.6) is 11.5 Å².